The van der Waals surface area contributed by atoms with Crippen LogP contribution < -0.4 is 5.32 Å². The first-order valence-electron chi connectivity index (χ1n) is 5.83. The molecule has 4 heteroatoms. The predicted molar refractivity (Wildman–Crippen MR) is 57.6 cm³/mol. The van der Waals surface area contributed by atoms with Crippen LogP contribution in [-0.4, -0.2) is 50.2 Å². The van der Waals surface area contributed by atoms with Gasteiger partial charge in [0.05, 0.1) is 12.0 Å². The lowest BCUT2D eigenvalue weighted by molar-refractivity contribution is -0.135. The molecule has 1 N–H and O–H groups in total. The highest BCUT2D eigenvalue weighted by Crippen LogP contribution is 2.18. The number of amides is 1. The van der Waals surface area contributed by atoms with Gasteiger partial charge in [0.15, 0.2) is 0 Å². The summed E-state index contributed by atoms with van der Waals surface area (Å²) < 4.78 is 5.27. The number of ether oxygens (including phenoxy) is 1. The van der Waals surface area contributed by atoms with Crippen molar-refractivity contribution in [3.63, 3.8) is 0 Å². The van der Waals surface area contributed by atoms with Gasteiger partial charge in [-0.2, -0.15) is 0 Å². The molecule has 0 aromatic carbocycles. The molecule has 4 nitrogen and oxygen atoms in total. The maximum Gasteiger partial charge on any atom is 0.227 e. The molecule has 2 heterocycles. The quantitative estimate of drug-likeness (QED) is 0.712. The Morgan fingerprint density at radius 1 is 1.47 bits per heavy atom. The molecule has 0 aromatic rings. The molecule has 86 valence electrons. The standard InChI is InChI=1S/C11H20N2O2/c1-15-10-4-6-13(8-10)11(14)9-3-2-5-12-7-9/h9-10,12H,2-8H2,1H3/t9?,10-/m1/s1. The summed E-state index contributed by atoms with van der Waals surface area (Å²) in [5.41, 5.74) is 0. The topological polar surface area (TPSA) is 41.6 Å². The SMILES string of the molecule is CO[C@@H]1CCN(C(=O)C2CCCNC2)C1. The molecule has 1 amide bonds. The normalized spacial score (nSPS) is 31.9. The van der Waals surface area contributed by atoms with Gasteiger partial charge in [-0.05, 0) is 25.8 Å². The van der Waals surface area contributed by atoms with Crippen molar-refractivity contribution in [1.29, 1.82) is 0 Å². The highest BCUT2D eigenvalue weighted by Gasteiger charge is 2.31. The lowest BCUT2D eigenvalue weighted by Gasteiger charge is -2.26. The van der Waals surface area contributed by atoms with E-state index in [2.05, 4.69) is 5.32 Å². The van der Waals surface area contributed by atoms with Crippen LogP contribution in [0.25, 0.3) is 0 Å². The van der Waals surface area contributed by atoms with Crippen molar-refractivity contribution in [2.24, 2.45) is 5.92 Å². The molecule has 2 atom stereocenters. The molecule has 15 heavy (non-hydrogen) atoms. The zero-order chi connectivity index (χ0) is 10.7. The fourth-order valence-corrected chi connectivity index (χ4v) is 2.44. The third kappa shape index (κ3) is 2.49. The van der Waals surface area contributed by atoms with Crippen LogP contribution in [-0.2, 0) is 9.53 Å². The molecule has 2 saturated heterocycles. The molecule has 0 aromatic heterocycles. The van der Waals surface area contributed by atoms with Crippen LogP contribution in [0.4, 0.5) is 0 Å². The summed E-state index contributed by atoms with van der Waals surface area (Å²) in [6.07, 6.45) is 3.41. The summed E-state index contributed by atoms with van der Waals surface area (Å²) in [6.45, 7) is 3.57. The Balaban J connectivity index is 1.85. The smallest absolute Gasteiger partial charge is 0.227 e. The summed E-state index contributed by atoms with van der Waals surface area (Å²) in [5.74, 6) is 0.524. The molecule has 2 rings (SSSR count). The van der Waals surface area contributed by atoms with E-state index in [1.54, 1.807) is 7.11 Å². The number of carbonyl (C=O) groups is 1. The van der Waals surface area contributed by atoms with Gasteiger partial charge < -0.3 is 15.0 Å². The Hall–Kier alpha value is -0.610. The van der Waals surface area contributed by atoms with E-state index in [-0.39, 0.29) is 12.0 Å². The average molecular weight is 212 g/mol. The van der Waals surface area contributed by atoms with Gasteiger partial charge in [-0.1, -0.05) is 0 Å². The third-order valence-electron chi connectivity index (χ3n) is 3.44. The first-order chi connectivity index (χ1) is 7.31. The van der Waals surface area contributed by atoms with Crippen molar-refractivity contribution < 1.29 is 9.53 Å². The molecule has 0 spiro atoms. The molecule has 1 unspecified atom stereocenters. The molecule has 2 aliphatic heterocycles. The van der Waals surface area contributed by atoms with Gasteiger partial charge >= 0.3 is 0 Å². The first-order valence-corrected chi connectivity index (χ1v) is 5.83. The van der Waals surface area contributed by atoms with Crippen LogP contribution in [0.5, 0.6) is 0 Å². The fourth-order valence-electron chi connectivity index (χ4n) is 2.44. The zero-order valence-corrected chi connectivity index (χ0v) is 9.37. The minimum atomic E-state index is 0.203. The number of nitrogens with zero attached hydrogens (tertiary/aromatic N) is 1. The Bertz CT molecular complexity index is 227. The second-order valence-electron chi connectivity index (χ2n) is 4.47. The lowest BCUT2D eigenvalue weighted by Crippen LogP contribution is -2.42. The van der Waals surface area contributed by atoms with Crippen molar-refractivity contribution in [2.75, 3.05) is 33.3 Å². The van der Waals surface area contributed by atoms with Crippen LogP contribution in [0.2, 0.25) is 0 Å². The van der Waals surface area contributed by atoms with E-state index in [1.807, 2.05) is 4.90 Å². The van der Waals surface area contributed by atoms with E-state index < -0.39 is 0 Å². The number of rotatable bonds is 2. The lowest BCUT2D eigenvalue weighted by atomic mass is 9.98. The van der Waals surface area contributed by atoms with Gasteiger partial charge in [-0.25, -0.2) is 0 Å². The van der Waals surface area contributed by atoms with Gasteiger partial charge in [0, 0.05) is 26.7 Å². The molecule has 0 saturated carbocycles. The Morgan fingerprint density at radius 2 is 2.33 bits per heavy atom. The fraction of sp³-hybridized carbons (Fsp3) is 0.909. The van der Waals surface area contributed by atoms with Gasteiger partial charge in [0.1, 0.15) is 0 Å². The number of likely N-dealkylation sites (tertiary alicyclic amines) is 1. The minimum Gasteiger partial charge on any atom is -0.380 e. The number of hydrogen-bond acceptors (Lipinski definition) is 3. The van der Waals surface area contributed by atoms with Gasteiger partial charge in [-0.15, -0.1) is 0 Å². The molecule has 0 bridgehead atoms. The summed E-state index contributed by atoms with van der Waals surface area (Å²) in [6, 6.07) is 0. The predicted octanol–water partition coefficient (Wildman–Crippen LogP) is 0.233. The van der Waals surface area contributed by atoms with Crippen LogP contribution in [0.3, 0.4) is 0 Å². The van der Waals surface area contributed by atoms with E-state index in [0.29, 0.717) is 5.91 Å². The van der Waals surface area contributed by atoms with Crippen molar-refractivity contribution in [3.05, 3.63) is 0 Å². The van der Waals surface area contributed by atoms with Gasteiger partial charge in [0.25, 0.3) is 0 Å². The molecule has 0 radical (unpaired) electrons. The molecular weight excluding hydrogens is 192 g/mol. The van der Waals surface area contributed by atoms with Crippen molar-refractivity contribution in [3.8, 4) is 0 Å². The maximum absolute atomic E-state index is 12.1. The van der Waals surface area contributed by atoms with Crippen molar-refractivity contribution in [1.82, 2.24) is 10.2 Å². The van der Waals surface area contributed by atoms with Crippen molar-refractivity contribution in [2.45, 2.75) is 25.4 Å². The minimum absolute atomic E-state index is 0.203. The van der Waals surface area contributed by atoms with E-state index in [0.717, 1.165) is 45.4 Å². The van der Waals surface area contributed by atoms with E-state index in [4.69, 9.17) is 4.74 Å². The summed E-state index contributed by atoms with van der Waals surface area (Å²) in [7, 11) is 1.72. The number of hydrogen-bond donors (Lipinski definition) is 1. The van der Waals surface area contributed by atoms with Crippen molar-refractivity contribution >= 4 is 5.91 Å². The first kappa shape index (κ1) is 10.9. The second kappa shape index (κ2) is 4.94. The van der Waals surface area contributed by atoms with Gasteiger partial charge in [-0.3, -0.25) is 4.79 Å². The van der Waals surface area contributed by atoms with Crippen LogP contribution in [0.15, 0.2) is 0 Å². The monoisotopic (exact) mass is 212 g/mol. The number of methoxy groups -OCH3 is 1. The highest BCUT2D eigenvalue weighted by atomic mass is 16.5. The number of nitrogens with one attached hydrogen (secondary N) is 1. The number of carbonyl (C=O) groups excluding carboxylic acids is 1. The second-order valence-corrected chi connectivity index (χ2v) is 4.47. The Labute approximate surface area is 91.0 Å². The Kier molecular flexibility index (Phi) is 3.59. The Morgan fingerprint density at radius 3 is 2.93 bits per heavy atom. The van der Waals surface area contributed by atoms with Gasteiger partial charge in [0.2, 0.25) is 5.91 Å². The van der Waals surface area contributed by atoms with Crippen LogP contribution >= 0.6 is 0 Å². The maximum atomic E-state index is 12.1. The largest absolute Gasteiger partial charge is 0.380 e. The average Bonchev–Trinajstić information content (AvgIpc) is 2.78. The van der Waals surface area contributed by atoms with E-state index >= 15 is 0 Å². The number of piperidine rings is 1. The summed E-state index contributed by atoms with van der Waals surface area (Å²) >= 11 is 0. The molecule has 0 aliphatic carbocycles. The third-order valence-corrected chi connectivity index (χ3v) is 3.44. The molecule has 2 fully saturated rings. The zero-order valence-electron chi connectivity index (χ0n) is 9.37. The van der Waals surface area contributed by atoms with Crippen LogP contribution in [0.1, 0.15) is 19.3 Å². The highest BCUT2D eigenvalue weighted by molar-refractivity contribution is 5.79. The van der Waals surface area contributed by atoms with E-state index in [9.17, 15) is 4.79 Å². The summed E-state index contributed by atoms with van der Waals surface area (Å²) in [5, 5.41) is 3.29. The molecular formula is C11H20N2O2. The molecule has 2 aliphatic rings. The van der Waals surface area contributed by atoms with E-state index in [1.165, 1.54) is 0 Å². The van der Waals surface area contributed by atoms with Crippen LogP contribution in [0, 0.1) is 5.92 Å². The summed E-state index contributed by atoms with van der Waals surface area (Å²) in [4.78, 5) is 14.1.